The smallest absolute Gasteiger partial charge is 0.416 e. The molecule has 0 aliphatic carbocycles. The van der Waals surface area contributed by atoms with Gasteiger partial charge in [0.05, 0.1) is 24.9 Å². The molecule has 0 radical (unpaired) electrons. The number of carbonyl (C=O) groups is 2. The Hall–Kier alpha value is -2.82. The summed E-state index contributed by atoms with van der Waals surface area (Å²) >= 11 is 5.84. The van der Waals surface area contributed by atoms with Gasteiger partial charge in [-0.3, -0.25) is 9.59 Å². The molecule has 2 aromatic carbocycles. The fourth-order valence-corrected chi connectivity index (χ4v) is 3.68. The number of halogens is 4. The summed E-state index contributed by atoms with van der Waals surface area (Å²) in [5, 5.41) is 0.553. The Labute approximate surface area is 206 Å². The molecule has 1 aliphatic rings. The van der Waals surface area contributed by atoms with Crippen LogP contribution in [0.5, 0.6) is 5.75 Å². The molecule has 0 unspecified atom stereocenters. The molecular weight excluding hydrogens is 489 g/mol. The highest BCUT2D eigenvalue weighted by Crippen LogP contribution is 2.29. The van der Waals surface area contributed by atoms with Crippen LogP contribution in [0.1, 0.15) is 15.9 Å². The lowest BCUT2D eigenvalue weighted by Gasteiger charge is -2.35. The van der Waals surface area contributed by atoms with Crippen LogP contribution in [0.4, 0.5) is 13.2 Å². The Balaban J connectivity index is 1.63. The molecule has 0 N–H and O–H groups in total. The van der Waals surface area contributed by atoms with Crippen molar-refractivity contribution in [3.8, 4) is 5.75 Å². The topological polar surface area (TPSA) is 68.3 Å². The van der Waals surface area contributed by atoms with Gasteiger partial charge in [-0.05, 0) is 42.5 Å². The van der Waals surface area contributed by atoms with E-state index in [2.05, 4.69) is 0 Å². The Morgan fingerprint density at radius 3 is 2.63 bits per heavy atom. The molecule has 1 heterocycles. The summed E-state index contributed by atoms with van der Waals surface area (Å²) in [5.74, 6) is -0.322. The van der Waals surface area contributed by atoms with Crippen molar-refractivity contribution in [3.63, 3.8) is 0 Å². The predicted molar refractivity (Wildman–Crippen MR) is 122 cm³/mol. The molecule has 0 saturated carbocycles. The lowest BCUT2D eigenvalue weighted by molar-refractivity contribution is -0.141. The average Bonchev–Trinajstić information content (AvgIpc) is 2.85. The Kier molecular flexibility index (Phi) is 9.36. The van der Waals surface area contributed by atoms with Gasteiger partial charge in [-0.25, -0.2) is 0 Å². The first kappa shape index (κ1) is 26.8. The first-order valence-electron chi connectivity index (χ1n) is 10.9. The molecule has 3 rings (SSSR count). The van der Waals surface area contributed by atoms with Crippen LogP contribution in [0.2, 0.25) is 5.02 Å². The predicted octanol–water partition coefficient (Wildman–Crippen LogP) is 3.75. The number of rotatable bonds is 9. The molecule has 1 saturated heterocycles. The maximum atomic E-state index is 13.1. The molecule has 1 fully saturated rings. The van der Waals surface area contributed by atoms with Crippen molar-refractivity contribution >= 4 is 23.4 Å². The lowest BCUT2D eigenvalue weighted by atomic mass is 10.1. The molecule has 0 spiro atoms. The summed E-state index contributed by atoms with van der Waals surface area (Å²) in [6, 6.07) is 10.9. The van der Waals surface area contributed by atoms with Crippen molar-refractivity contribution in [2.24, 2.45) is 0 Å². The second-order valence-electron chi connectivity index (χ2n) is 7.90. The standard InChI is InChI=1S/C24H26ClF3N2O5/c1-33-11-9-30(23(32)17-3-2-4-18(13-17)24(26,27)28)15-21-14-29(10-12-34-21)22(31)16-35-20-7-5-19(25)6-8-20/h2-8,13,21H,9-12,14-16H2,1H3/t21-/m0/s1. The van der Waals surface area contributed by atoms with E-state index in [4.69, 9.17) is 25.8 Å². The molecule has 2 aromatic rings. The minimum absolute atomic E-state index is 0.0836. The molecule has 190 valence electrons. The lowest BCUT2D eigenvalue weighted by Crippen LogP contribution is -2.52. The largest absolute Gasteiger partial charge is 0.484 e. The van der Waals surface area contributed by atoms with E-state index in [1.165, 1.54) is 24.1 Å². The van der Waals surface area contributed by atoms with E-state index in [0.29, 0.717) is 17.3 Å². The van der Waals surface area contributed by atoms with Gasteiger partial charge >= 0.3 is 6.18 Å². The third-order valence-corrected chi connectivity index (χ3v) is 5.63. The average molecular weight is 515 g/mol. The van der Waals surface area contributed by atoms with Crippen molar-refractivity contribution in [2.75, 3.05) is 53.1 Å². The van der Waals surface area contributed by atoms with Crippen LogP contribution in [0.15, 0.2) is 48.5 Å². The van der Waals surface area contributed by atoms with E-state index in [9.17, 15) is 22.8 Å². The molecule has 1 aliphatic heterocycles. The molecule has 2 amide bonds. The van der Waals surface area contributed by atoms with E-state index in [-0.39, 0.29) is 50.9 Å². The minimum Gasteiger partial charge on any atom is -0.484 e. The maximum Gasteiger partial charge on any atom is 0.416 e. The number of hydrogen-bond donors (Lipinski definition) is 0. The van der Waals surface area contributed by atoms with Crippen molar-refractivity contribution in [1.82, 2.24) is 9.80 Å². The monoisotopic (exact) mass is 514 g/mol. The summed E-state index contributed by atoms with van der Waals surface area (Å²) in [4.78, 5) is 28.6. The van der Waals surface area contributed by atoms with E-state index in [1.807, 2.05) is 0 Å². The van der Waals surface area contributed by atoms with Gasteiger partial charge in [0.2, 0.25) is 0 Å². The Morgan fingerprint density at radius 2 is 1.94 bits per heavy atom. The zero-order valence-electron chi connectivity index (χ0n) is 19.1. The summed E-state index contributed by atoms with van der Waals surface area (Å²) in [7, 11) is 1.46. The van der Waals surface area contributed by atoms with Gasteiger partial charge in [0.25, 0.3) is 11.8 Å². The van der Waals surface area contributed by atoms with E-state index in [0.717, 1.165) is 12.1 Å². The van der Waals surface area contributed by atoms with Crippen molar-refractivity contribution in [1.29, 1.82) is 0 Å². The summed E-state index contributed by atoms with van der Waals surface area (Å²) < 4.78 is 55.6. The van der Waals surface area contributed by atoms with Crippen LogP contribution >= 0.6 is 11.6 Å². The highest BCUT2D eigenvalue weighted by Gasteiger charge is 2.32. The Morgan fingerprint density at radius 1 is 1.20 bits per heavy atom. The summed E-state index contributed by atoms with van der Waals surface area (Å²) in [6.07, 6.45) is -5.08. The molecular formula is C24H26ClF3N2O5. The molecule has 11 heteroatoms. The number of ether oxygens (including phenoxy) is 3. The molecule has 0 aromatic heterocycles. The number of carbonyl (C=O) groups excluding carboxylic acids is 2. The van der Waals surface area contributed by atoms with Crippen molar-refractivity contribution in [2.45, 2.75) is 12.3 Å². The summed E-state index contributed by atoms with van der Waals surface area (Å²) in [6.45, 7) is 1.08. The number of morpholine rings is 1. The molecule has 7 nitrogen and oxygen atoms in total. The van der Waals surface area contributed by atoms with Crippen LogP contribution < -0.4 is 4.74 Å². The van der Waals surface area contributed by atoms with Crippen LogP contribution in [-0.4, -0.2) is 80.8 Å². The van der Waals surface area contributed by atoms with E-state index < -0.39 is 23.8 Å². The maximum absolute atomic E-state index is 13.1. The number of methoxy groups -OCH3 is 1. The zero-order chi connectivity index (χ0) is 25.4. The van der Waals surface area contributed by atoms with Crippen LogP contribution in [-0.2, 0) is 20.4 Å². The Bertz CT molecular complexity index is 1000. The minimum atomic E-state index is -4.56. The van der Waals surface area contributed by atoms with Gasteiger partial charge in [0, 0.05) is 43.9 Å². The normalized spacial score (nSPS) is 16.1. The zero-order valence-corrected chi connectivity index (χ0v) is 19.8. The quantitative estimate of drug-likeness (QED) is 0.510. The highest BCUT2D eigenvalue weighted by molar-refractivity contribution is 6.30. The second kappa shape index (κ2) is 12.2. The van der Waals surface area contributed by atoms with Gasteiger partial charge in [-0.1, -0.05) is 17.7 Å². The van der Waals surface area contributed by atoms with E-state index >= 15 is 0 Å². The number of amides is 2. The molecule has 1 atom stereocenters. The SMILES string of the molecule is COCCN(C[C@@H]1CN(C(=O)COc2ccc(Cl)cc2)CCO1)C(=O)c1cccc(C(F)(F)F)c1. The van der Waals surface area contributed by atoms with Gasteiger partial charge in [0.15, 0.2) is 6.61 Å². The third-order valence-electron chi connectivity index (χ3n) is 5.38. The van der Waals surface area contributed by atoms with Crippen LogP contribution in [0, 0.1) is 0 Å². The third kappa shape index (κ3) is 7.84. The first-order valence-corrected chi connectivity index (χ1v) is 11.3. The van der Waals surface area contributed by atoms with Gasteiger partial charge in [0.1, 0.15) is 5.75 Å². The van der Waals surface area contributed by atoms with E-state index in [1.54, 1.807) is 29.2 Å². The van der Waals surface area contributed by atoms with Gasteiger partial charge < -0.3 is 24.0 Å². The highest BCUT2D eigenvalue weighted by atomic mass is 35.5. The second-order valence-corrected chi connectivity index (χ2v) is 8.33. The number of alkyl halides is 3. The van der Waals surface area contributed by atoms with Gasteiger partial charge in [-0.15, -0.1) is 0 Å². The number of hydrogen-bond acceptors (Lipinski definition) is 5. The molecule has 0 bridgehead atoms. The van der Waals surface area contributed by atoms with Gasteiger partial charge in [-0.2, -0.15) is 13.2 Å². The first-order chi connectivity index (χ1) is 16.7. The summed E-state index contributed by atoms with van der Waals surface area (Å²) in [5.41, 5.74) is -0.988. The fourth-order valence-electron chi connectivity index (χ4n) is 3.56. The fraction of sp³-hybridized carbons (Fsp3) is 0.417. The number of benzene rings is 2. The van der Waals surface area contributed by atoms with Crippen molar-refractivity contribution in [3.05, 3.63) is 64.7 Å². The number of nitrogens with zero attached hydrogens (tertiary/aromatic N) is 2. The van der Waals surface area contributed by atoms with Crippen LogP contribution in [0.25, 0.3) is 0 Å². The molecule has 35 heavy (non-hydrogen) atoms. The van der Waals surface area contributed by atoms with Crippen LogP contribution in [0.3, 0.4) is 0 Å². The van der Waals surface area contributed by atoms with Crippen molar-refractivity contribution < 1.29 is 37.0 Å².